The van der Waals surface area contributed by atoms with Crippen molar-refractivity contribution in [2.45, 2.75) is 26.8 Å². The summed E-state index contributed by atoms with van der Waals surface area (Å²) in [5, 5.41) is 0. The summed E-state index contributed by atoms with van der Waals surface area (Å²) in [6, 6.07) is 10.6. The zero-order chi connectivity index (χ0) is 13.8. The molecule has 0 aliphatic rings. The summed E-state index contributed by atoms with van der Waals surface area (Å²) >= 11 is 0. The van der Waals surface area contributed by atoms with E-state index in [1.54, 1.807) is 0 Å². The minimum absolute atomic E-state index is 0.729. The molecule has 100 valence electrons. The number of nitrogen functional groups attached to an aromatic ring is 1. The lowest BCUT2D eigenvalue weighted by Crippen LogP contribution is -2.19. The van der Waals surface area contributed by atoms with Crippen molar-refractivity contribution in [1.29, 1.82) is 0 Å². The van der Waals surface area contributed by atoms with Gasteiger partial charge in [-0.15, -0.1) is 0 Å². The van der Waals surface area contributed by atoms with Gasteiger partial charge in [-0.05, 0) is 36.1 Å². The Kier molecular flexibility index (Phi) is 4.05. The summed E-state index contributed by atoms with van der Waals surface area (Å²) in [6.45, 7) is 4.97. The number of nitrogens with two attached hydrogens (primary N) is 1. The van der Waals surface area contributed by atoms with E-state index in [0.717, 1.165) is 30.0 Å². The Hall–Kier alpha value is -2.03. The monoisotopic (exact) mass is 255 g/mol. The van der Waals surface area contributed by atoms with Gasteiger partial charge in [0.15, 0.2) is 5.82 Å². The number of rotatable bonds is 4. The molecule has 19 heavy (non-hydrogen) atoms. The summed E-state index contributed by atoms with van der Waals surface area (Å²) < 4.78 is 0. The number of benzene rings is 1. The molecular weight excluding hydrogens is 234 g/mol. The van der Waals surface area contributed by atoms with Gasteiger partial charge < -0.3 is 10.6 Å². The average molecular weight is 255 g/mol. The molecule has 0 fully saturated rings. The van der Waals surface area contributed by atoms with E-state index in [0.29, 0.717) is 0 Å². The van der Waals surface area contributed by atoms with E-state index in [1.165, 1.54) is 11.1 Å². The van der Waals surface area contributed by atoms with Gasteiger partial charge in [0.2, 0.25) is 0 Å². The van der Waals surface area contributed by atoms with Gasteiger partial charge in [0.25, 0.3) is 0 Å². The van der Waals surface area contributed by atoms with E-state index < -0.39 is 0 Å². The van der Waals surface area contributed by atoms with Crippen molar-refractivity contribution in [3.63, 3.8) is 0 Å². The minimum atomic E-state index is 0.729. The van der Waals surface area contributed by atoms with Gasteiger partial charge in [0.05, 0.1) is 5.69 Å². The Morgan fingerprint density at radius 1 is 1.16 bits per heavy atom. The first-order chi connectivity index (χ1) is 9.10. The summed E-state index contributed by atoms with van der Waals surface area (Å²) in [4.78, 5) is 6.49. The van der Waals surface area contributed by atoms with E-state index in [4.69, 9.17) is 5.73 Å². The van der Waals surface area contributed by atoms with Crippen LogP contribution in [0.4, 0.5) is 11.5 Å². The maximum atomic E-state index is 6.02. The van der Waals surface area contributed by atoms with Crippen molar-refractivity contribution < 1.29 is 0 Å². The van der Waals surface area contributed by atoms with Crippen LogP contribution in [0, 0.1) is 6.92 Å². The highest BCUT2D eigenvalue weighted by Gasteiger charge is 2.07. The van der Waals surface area contributed by atoms with Gasteiger partial charge >= 0.3 is 0 Å². The summed E-state index contributed by atoms with van der Waals surface area (Å²) in [5.41, 5.74) is 10.5. The standard InChI is InChI=1S/C16H21N3/c1-4-13-5-7-14(8-6-13)11-19(3)16-15(17)9-12(2)10-18-16/h5-10H,4,11,17H2,1-3H3. The van der Waals surface area contributed by atoms with E-state index in [9.17, 15) is 0 Å². The van der Waals surface area contributed by atoms with Crippen LogP contribution >= 0.6 is 0 Å². The van der Waals surface area contributed by atoms with Crippen LogP contribution in [0.25, 0.3) is 0 Å². The van der Waals surface area contributed by atoms with Crippen molar-refractivity contribution in [3.8, 4) is 0 Å². The Morgan fingerprint density at radius 3 is 2.37 bits per heavy atom. The third-order valence-electron chi connectivity index (χ3n) is 3.24. The second kappa shape index (κ2) is 5.74. The Labute approximate surface area is 115 Å². The molecule has 0 atom stereocenters. The lowest BCUT2D eigenvalue weighted by molar-refractivity contribution is 0.897. The molecule has 0 saturated carbocycles. The summed E-state index contributed by atoms with van der Waals surface area (Å²) in [5.74, 6) is 0.838. The highest BCUT2D eigenvalue weighted by atomic mass is 15.2. The lowest BCUT2D eigenvalue weighted by Gasteiger charge is -2.20. The van der Waals surface area contributed by atoms with Gasteiger partial charge in [-0.2, -0.15) is 0 Å². The molecular formula is C16H21N3. The van der Waals surface area contributed by atoms with Crippen LogP contribution in [0.1, 0.15) is 23.6 Å². The number of hydrogen-bond acceptors (Lipinski definition) is 3. The van der Waals surface area contributed by atoms with Crippen molar-refractivity contribution in [1.82, 2.24) is 4.98 Å². The van der Waals surface area contributed by atoms with E-state index >= 15 is 0 Å². The van der Waals surface area contributed by atoms with Crippen molar-refractivity contribution in [2.75, 3.05) is 17.7 Å². The van der Waals surface area contributed by atoms with Crippen molar-refractivity contribution >= 4 is 11.5 Å². The molecule has 1 aromatic heterocycles. The number of hydrogen-bond donors (Lipinski definition) is 1. The maximum absolute atomic E-state index is 6.02. The first kappa shape index (κ1) is 13.4. The highest BCUT2D eigenvalue weighted by Crippen LogP contribution is 2.21. The fourth-order valence-electron chi connectivity index (χ4n) is 2.13. The van der Waals surface area contributed by atoms with Crippen molar-refractivity contribution in [3.05, 3.63) is 53.2 Å². The number of aromatic nitrogens is 1. The second-order valence-corrected chi connectivity index (χ2v) is 4.95. The molecule has 2 aromatic rings. The normalized spacial score (nSPS) is 10.5. The molecule has 0 spiro atoms. The SMILES string of the molecule is CCc1ccc(CN(C)c2ncc(C)cc2N)cc1. The first-order valence-electron chi connectivity index (χ1n) is 6.61. The second-order valence-electron chi connectivity index (χ2n) is 4.95. The number of aryl methyl sites for hydroxylation is 2. The minimum Gasteiger partial charge on any atom is -0.396 e. The maximum Gasteiger partial charge on any atom is 0.151 e. The predicted molar refractivity (Wildman–Crippen MR) is 81.3 cm³/mol. The number of anilines is 2. The highest BCUT2D eigenvalue weighted by molar-refractivity contribution is 5.63. The molecule has 2 N–H and O–H groups in total. The van der Waals surface area contributed by atoms with Crippen LogP contribution < -0.4 is 10.6 Å². The molecule has 0 bridgehead atoms. The van der Waals surface area contributed by atoms with Gasteiger partial charge in [0.1, 0.15) is 0 Å². The predicted octanol–water partition coefficient (Wildman–Crippen LogP) is 3.17. The van der Waals surface area contributed by atoms with Crippen LogP contribution in [-0.4, -0.2) is 12.0 Å². The molecule has 1 aromatic carbocycles. The third kappa shape index (κ3) is 3.25. The molecule has 0 radical (unpaired) electrons. The van der Waals surface area contributed by atoms with E-state index in [1.807, 2.05) is 26.2 Å². The summed E-state index contributed by atoms with van der Waals surface area (Å²) in [6.07, 6.45) is 2.92. The van der Waals surface area contributed by atoms with Gasteiger partial charge in [0, 0.05) is 19.8 Å². The average Bonchev–Trinajstić information content (AvgIpc) is 2.39. The molecule has 0 unspecified atom stereocenters. The Morgan fingerprint density at radius 2 is 1.79 bits per heavy atom. The third-order valence-corrected chi connectivity index (χ3v) is 3.24. The van der Waals surface area contributed by atoms with Gasteiger partial charge in [-0.1, -0.05) is 31.2 Å². The topological polar surface area (TPSA) is 42.2 Å². The zero-order valence-corrected chi connectivity index (χ0v) is 11.9. The molecule has 0 amide bonds. The number of pyridine rings is 1. The first-order valence-corrected chi connectivity index (χ1v) is 6.61. The molecule has 3 nitrogen and oxygen atoms in total. The molecule has 0 aliphatic heterocycles. The Bertz CT molecular complexity index is 546. The molecule has 0 aliphatic carbocycles. The lowest BCUT2D eigenvalue weighted by atomic mass is 10.1. The molecule has 3 heteroatoms. The quantitative estimate of drug-likeness (QED) is 0.912. The smallest absolute Gasteiger partial charge is 0.151 e. The van der Waals surface area contributed by atoms with Crippen LogP contribution in [0.5, 0.6) is 0 Å². The van der Waals surface area contributed by atoms with Gasteiger partial charge in [-0.3, -0.25) is 0 Å². The fourth-order valence-corrected chi connectivity index (χ4v) is 2.13. The van der Waals surface area contributed by atoms with Crippen LogP contribution in [-0.2, 0) is 13.0 Å². The van der Waals surface area contributed by atoms with Crippen LogP contribution in [0.3, 0.4) is 0 Å². The fraction of sp³-hybridized carbons (Fsp3) is 0.312. The number of nitrogens with zero attached hydrogens (tertiary/aromatic N) is 2. The summed E-state index contributed by atoms with van der Waals surface area (Å²) in [7, 11) is 2.02. The van der Waals surface area contributed by atoms with E-state index in [2.05, 4.69) is 41.1 Å². The van der Waals surface area contributed by atoms with Crippen LogP contribution in [0.15, 0.2) is 36.5 Å². The molecule has 1 heterocycles. The van der Waals surface area contributed by atoms with E-state index in [-0.39, 0.29) is 0 Å². The largest absolute Gasteiger partial charge is 0.396 e. The van der Waals surface area contributed by atoms with Crippen LogP contribution in [0.2, 0.25) is 0 Å². The molecule has 2 rings (SSSR count). The van der Waals surface area contributed by atoms with Gasteiger partial charge in [-0.25, -0.2) is 4.98 Å². The molecule has 0 saturated heterocycles. The van der Waals surface area contributed by atoms with Crippen molar-refractivity contribution in [2.24, 2.45) is 0 Å². The zero-order valence-electron chi connectivity index (χ0n) is 11.9. The Balaban J connectivity index is 2.13.